The maximum absolute atomic E-state index is 6.51. The van der Waals surface area contributed by atoms with Crippen molar-refractivity contribution < 1.29 is 13.3 Å². The van der Waals surface area contributed by atoms with Gasteiger partial charge in [0.2, 0.25) is 0 Å². The summed E-state index contributed by atoms with van der Waals surface area (Å²) in [5.41, 5.74) is 30.5. The SMILES string of the molecule is Cc1ccc(-n2c3ccccc3c3c4c5ccccc5n(-c5ccc6c(c5)oc5ccccc56)c4ccc32)cc1.Cc1ccc(-n2c3ccccc3c3c4c5ccccc5n(-c5ccc6oc7ccccc7c6c5)c4ccc32)cc1.Cc1ccc(-n2c3ccccc3c3c4c5ccccc5n(-c5cccc6c5oc5ccccc56)c4ccc32)cc1. The second kappa shape index (κ2) is 26.1. The Balaban J connectivity index is 0.0000000997. The minimum Gasteiger partial charge on any atom is -0.456 e. The second-order valence-electron chi connectivity index (χ2n) is 32.0. The van der Waals surface area contributed by atoms with Crippen molar-refractivity contribution in [2.24, 2.45) is 0 Å². The number of benzene rings is 18. The molecule has 9 aromatic heterocycles. The maximum Gasteiger partial charge on any atom is 0.159 e. The maximum atomic E-state index is 6.51. The quantitative estimate of drug-likeness (QED) is 0.167. The molecule has 27 rings (SSSR count). The number of hydrogen-bond donors (Lipinski definition) is 0. The van der Waals surface area contributed by atoms with Gasteiger partial charge in [-0.3, -0.25) is 0 Å². The molecule has 0 aliphatic heterocycles. The number of aromatic nitrogens is 6. The van der Waals surface area contributed by atoms with E-state index in [0.717, 1.165) is 82.9 Å². The Morgan fingerprint density at radius 3 is 0.808 bits per heavy atom. The molecule has 564 valence electrons. The van der Waals surface area contributed by atoms with E-state index in [-0.39, 0.29) is 0 Å². The lowest BCUT2D eigenvalue weighted by molar-refractivity contribution is 0.666. The Kier molecular flexibility index (Phi) is 14.7. The molecule has 9 heterocycles. The molecule has 0 fully saturated rings. The van der Waals surface area contributed by atoms with E-state index in [1.54, 1.807) is 0 Å². The Morgan fingerprint density at radius 2 is 0.417 bits per heavy atom. The third-order valence-electron chi connectivity index (χ3n) is 25.2. The first kappa shape index (κ1) is 67.5. The molecule has 0 amide bonds. The summed E-state index contributed by atoms with van der Waals surface area (Å²) >= 11 is 0. The summed E-state index contributed by atoms with van der Waals surface area (Å²) in [6.07, 6.45) is 0. The molecule has 0 aliphatic carbocycles. The molecular formula is C111H72N6O3. The van der Waals surface area contributed by atoms with Crippen molar-refractivity contribution in [2.75, 3.05) is 0 Å². The third-order valence-corrected chi connectivity index (χ3v) is 25.2. The normalized spacial score (nSPS) is 12.1. The molecule has 0 saturated heterocycles. The predicted molar refractivity (Wildman–Crippen MR) is 501 cm³/mol. The molecule has 9 nitrogen and oxygen atoms in total. The van der Waals surface area contributed by atoms with Crippen LogP contribution in [0.4, 0.5) is 0 Å². The summed E-state index contributed by atoms with van der Waals surface area (Å²) < 4.78 is 33.3. The highest BCUT2D eigenvalue weighted by Gasteiger charge is 2.27. The van der Waals surface area contributed by atoms with Crippen LogP contribution in [0.25, 0.3) is 231 Å². The van der Waals surface area contributed by atoms with Crippen LogP contribution in [0, 0.1) is 20.8 Å². The van der Waals surface area contributed by atoms with Gasteiger partial charge in [0.25, 0.3) is 0 Å². The number of rotatable bonds is 6. The van der Waals surface area contributed by atoms with Crippen LogP contribution in [0.15, 0.2) is 395 Å². The number of aryl methyl sites for hydroxylation is 3. The fourth-order valence-electron chi connectivity index (χ4n) is 19.9. The molecule has 0 bridgehead atoms. The van der Waals surface area contributed by atoms with Crippen LogP contribution in [0.3, 0.4) is 0 Å². The van der Waals surface area contributed by atoms with Crippen molar-refractivity contribution in [3.63, 3.8) is 0 Å². The van der Waals surface area contributed by atoms with Crippen molar-refractivity contribution in [2.45, 2.75) is 20.8 Å². The fraction of sp³-hybridized carbons (Fsp3) is 0.0270. The van der Waals surface area contributed by atoms with Gasteiger partial charge < -0.3 is 40.7 Å². The van der Waals surface area contributed by atoms with E-state index >= 15 is 0 Å². The topological polar surface area (TPSA) is 69.0 Å². The molecule has 18 aromatic carbocycles. The molecule has 0 atom stereocenters. The highest BCUT2D eigenvalue weighted by atomic mass is 16.3. The molecule has 0 N–H and O–H groups in total. The molecule has 9 heteroatoms. The van der Waals surface area contributed by atoms with Crippen molar-refractivity contribution in [3.8, 4) is 34.1 Å². The van der Waals surface area contributed by atoms with E-state index in [9.17, 15) is 0 Å². The Morgan fingerprint density at radius 1 is 0.158 bits per heavy atom. The molecule has 0 spiro atoms. The zero-order valence-corrected chi connectivity index (χ0v) is 65.8. The van der Waals surface area contributed by atoms with Crippen LogP contribution in [0.5, 0.6) is 0 Å². The van der Waals surface area contributed by atoms with E-state index in [1.807, 2.05) is 30.3 Å². The van der Waals surface area contributed by atoms with Crippen LogP contribution in [-0.2, 0) is 0 Å². The first-order chi connectivity index (χ1) is 59.3. The average Bonchev–Trinajstić information content (AvgIpc) is 1.55. The van der Waals surface area contributed by atoms with E-state index in [4.69, 9.17) is 13.3 Å². The van der Waals surface area contributed by atoms with Crippen LogP contribution in [-0.4, -0.2) is 27.4 Å². The van der Waals surface area contributed by atoms with E-state index in [2.05, 4.69) is 400 Å². The number of furan rings is 3. The molecule has 0 saturated carbocycles. The molecule has 0 unspecified atom stereocenters. The Labute approximate surface area is 686 Å². The lowest BCUT2D eigenvalue weighted by atomic mass is 10.1. The first-order valence-electron chi connectivity index (χ1n) is 41.1. The largest absolute Gasteiger partial charge is 0.456 e. The molecule has 0 aliphatic rings. The van der Waals surface area contributed by atoms with E-state index in [1.165, 1.54) is 165 Å². The summed E-state index contributed by atoms with van der Waals surface area (Å²) in [7, 11) is 0. The van der Waals surface area contributed by atoms with Crippen molar-refractivity contribution in [1.29, 1.82) is 0 Å². The molecule has 120 heavy (non-hydrogen) atoms. The lowest BCUT2D eigenvalue weighted by Crippen LogP contribution is -1.95. The van der Waals surface area contributed by atoms with Gasteiger partial charge in [-0.05, 0) is 185 Å². The Bertz CT molecular complexity index is 8930. The van der Waals surface area contributed by atoms with Gasteiger partial charge in [-0.1, -0.05) is 229 Å². The molecular weight excluding hydrogens is 1470 g/mol. The zero-order valence-electron chi connectivity index (χ0n) is 65.8. The third kappa shape index (κ3) is 9.95. The number of fused-ring (bicyclic) bond motifs is 30. The van der Waals surface area contributed by atoms with Gasteiger partial charge in [0.05, 0.1) is 71.9 Å². The minimum absolute atomic E-state index is 0.904. The summed E-state index contributed by atoms with van der Waals surface area (Å²) in [4.78, 5) is 0. The summed E-state index contributed by atoms with van der Waals surface area (Å²) in [5, 5.41) is 22.1. The van der Waals surface area contributed by atoms with Gasteiger partial charge >= 0.3 is 0 Å². The van der Waals surface area contributed by atoms with Gasteiger partial charge in [-0.15, -0.1) is 0 Å². The van der Waals surface area contributed by atoms with Gasteiger partial charge in [0.1, 0.15) is 27.9 Å². The van der Waals surface area contributed by atoms with Crippen molar-refractivity contribution in [3.05, 3.63) is 399 Å². The summed E-state index contributed by atoms with van der Waals surface area (Å²) in [5.74, 6) is 0. The molecule has 0 radical (unpaired) electrons. The van der Waals surface area contributed by atoms with Crippen LogP contribution in [0.1, 0.15) is 16.7 Å². The van der Waals surface area contributed by atoms with Gasteiger partial charge in [0.15, 0.2) is 5.58 Å². The highest BCUT2D eigenvalue weighted by Crippen LogP contribution is 2.49. The first-order valence-corrected chi connectivity index (χ1v) is 41.1. The van der Waals surface area contributed by atoms with Gasteiger partial charge in [0, 0.05) is 131 Å². The minimum atomic E-state index is 0.904. The zero-order chi connectivity index (χ0) is 79.1. The Hall–Kier alpha value is -15.8. The standard InChI is InChI=1S/3C37H24N2O/c1-23-17-19-24(20-18-23)38-29-13-5-2-10-27(29)35-31(38)21-22-32-36(35)28-11-3-6-14-30(28)39(32)33-15-8-12-26-25-9-4-7-16-34(25)40-37(26)33;1-23-14-16-24(17-15-23)38-30-11-5-2-9-27(30)36-32(38)19-20-33-37(36)28-10-3-6-12-31(28)39(33)25-18-21-35-29(22-25)26-8-4-7-13-34(26)40-35;1-23-14-16-24(17-15-23)38-30-11-5-2-9-28(30)36-32(38)20-21-33-37(36)29-10-3-6-12-31(29)39(33)25-18-19-27-26-8-4-7-13-34(26)40-35(27)22-25/h3*2-22H,1H3. The van der Waals surface area contributed by atoms with Crippen molar-refractivity contribution in [1.82, 2.24) is 27.4 Å². The monoisotopic (exact) mass is 1540 g/mol. The molecule has 27 aromatic rings. The summed E-state index contributed by atoms with van der Waals surface area (Å²) in [6, 6.07) is 137. The highest BCUT2D eigenvalue weighted by molar-refractivity contribution is 6.32. The number of nitrogens with zero attached hydrogens (tertiary/aromatic N) is 6. The lowest BCUT2D eigenvalue weighted by Gasteiger charge is -2.10. The fourth-order valence-corrected chi connectivity index (χ4v) is 19.9. The van der Waals surface area contributed by atoms with Crippen LogP contribution >= 0.6 is 0 Å². The van der Waals surface area contributed by atoms with Gasteiger partial charge in [-0.25, -0.2) is 0 Å². The number of hydrogen-bond acceptors (Lipinski definition) is 3. The second-order valence-corrected chi connectivity index (χ2v) is 32.0. The van der Waals surface area contributed by atoms with Crippen LogP contribution < -0.4 is 0 Å². The predicted octanol–water partition coefficient (Wildman–Crippen LogP) is 30.3. The van der Waals surface area contributed by atoms with Crippen LogP contribution in [0.2, 0.25) is 0 Å². The van der Waals surface area contributed by atoms with Gasteiger partial charge in [-0.2, -0.15) is 0 Å². The summed E-state index contributed by atoms with van der Waals surface area (Å²) in [6.45, 7) is 6.41. The van der Waals surface area contributed by atoms with Crippen molar-refractivity contribution >= 4 is 197 Å². The average molecular weight is 1540 g/mol. The van der Waals surface area contributed by atoms with E-state index < -0.39 is 0 Å². The van der Waals surface area contributed by atoms with E-state index in [0.29, 0.717) is 0 Å². The smallest absolute Gasteiger partial charge is 0.159 e. The number of para-hydroxylation sites is 10.